The van der Waals surface area contributed by atoms with Crippen LogP contribution in [0, 0.1) is 10.1 Å². The van der Waals surface area contributed by atoms with Crippen LogP contribution in [0.5, 0.6) is 5.75 Å². The Hall–Kier alpha value is -4.14. The van der Waals surface area contributed by atoms with Gasteiger partial charge >= 0.3 is 5.97 Å². The van der Waals surface area contributed by atoms with Crippen LogP contribution in [0.2, 0.25) is 0 Å². The molecular weight excluding hydrogens is 438 g/mol. The molecule has 1 atom stereocenters. The molecule has 9 heteroatoms. The zero-order chi connectivity index (χ0) is 24.1. The topological polar surface area (TPSA) is 127 Å². The molecular formula is C25H25N3O6. The van der Waals surface area contributed by atoms with E-state index in [1.165, 1.54) is 18.3 Å². The quantitative estimate of drug-likeness (QED) is 0.227. The summed E-state index contributed by atoms with van der Waals surface area (Å²) in [5.41, 5.74) is 4.44. The lowest BCUT2D eigenvalue weighted by molar-refractivity contribution is -0.385. The first-order valence-electron chi connectivity index (χ1n) is 11.0. The molecule has 2 N–H and O–H groups in total. The molecule has 1 aliphatic carbocycles. The second-order valence-corrected chi connectivity index (χ2v) is 8.23. The maximum absolute atomic E-state index is 11.4. The van der Waals surface area contributed by atoms with Crippen LogP contribution in [0.3, 0.4) is 0 Å². The van der Waals surface area contributed by atoms with Crippen LogP contribution in [0.1, 0.15) is 41.0 Å². The van der Waals surface area contributed by atoms with Gasteiger partial charge in [0.25, 0.3) is 5.69 Å². The number of carboxylic acid groups (broad SMARTS) is 1. The Labute approximate surface area is 195 Å². The van der Waals surface area contributed by atoms with E-state index in [2.05, 4.69) is 11.1 Å². The van der Waals surface area contributed by atoms with Crippen LogP contribution >= 0.6 is 0 Å². The summed E-state index contributed by atoms with van der Waals surface area (Å²) in [5, 5.41) is 30.0. The van der Waals surface area contributed by atoms with Gasteiger partial charge in [-0.1, -0.05) is 30.3 Å². The number of fused-ring (bicyclic) bond motifs is 2. The zero-order valence-electron chi connectivity index (χ0n) is 18.5. The van der Waals surface area contributed by atoms with Gasteiger partial charge in [0.15, 0.2) is 5.49 Å². The van der Waals surface area contributed by atoms with Crippen LogP contribution in [-0.4, -0.2) is 39.1 Å². The van der Waals surface area contributed by atoms with Crippen LogP contribution in [0.4, 0.5) is 5.69 Å². The molecule has 4 rings (SSSR count). The van der Waals surface area contributed by atoms with E-state index >= 15 is 0 Å². The second-order valence-electron chi connectivity index (χ2n) is 8.23. The van der Waals surface area contributed by atoms with Crippen LogP contribution in [0.25, 0.3) is 0 Å². The number of carbonyl (C=O) groups is 1. The number of nitrogens with zero attached hydrogens (tertiary/aromatic N) is 3. The number of nitro groups is 1. The van der Waals surface area contributed by atoms with Crippen molar-refractivity contribution in [3.8, 4) is 5.75 Å². The van der Waals surface area contributed by atoms with Gasteiger partial charge in [-0.15, -0.1) is 0 Å². The third kappa shape index (κ3) is 5.43. The molecule has 0 saturated heterocycles. The summed E-state index contributed by atoms with van der Waals surface area (Å²) in [5.74, 6) is -0.141. The van der Waals surface area contributed by atoms with Crippen LogP contribution < -0.4 is 10.2 Å². The molecule has 1 aromatic heterocycles. The molecule has 34 heavy (non-hydrogen) atoms. The standard InChI is InChI=1S/C25H25N3O6/c29-25(30)15-20-12-17-6-7-22(14-19(17)13-18-4-1-2-5-23(18)20)34-11-3-9-26-24-16-21(28(32)33)8-10-27(24)31/h1-2,4-8,10,14,16,20,31H,3,9,11-13,15H2,(H,29,30). The molecule has 1 heterocycles. The zero-order valence-corrected chi connectivity index (χ0v) is 18.5. The number of hydrogen-bond acceptors (Lipinski definition) is 6. The minimum Gasteiger partial charge on any atom is -0.494 e. The summed E-state index contributed by atoms with van der Waals surface area (Å²) in [7, 11) is 0. The maximum Gasteiger partial charge on any atom is 0.303 e. The highest BCUT2D eigenvalue weighted by Crippen LogP contribution is 2.35. The van der Waals surface area contributed by atoms with Gasteiger partial charge in [0.05, 0.1) is 30.2 Å². The normalized spacial score (nSPS) is 15.2. The number of aromatic nitrogens is 1. The van der Waals surface area contributed by atoms with Crippen LogP contribution in [-0.2, 0) is 17.6 Å². The van der Waals surface area contributed by atoms with E-state index in [1.807, 2.05) is 36.4 Å². The summed E-state index contributed by atoms with van der Waals surface area (Å²) in [6.45, 7) is 0.720. The van der Waals surface area contributed by atoms with E-state index in [-0.39, 0.29) is 23.5 Å². The second kappa shape index (κ2) is 10.2. The molecule has 0 bridgehead atoms. The fourth-order valence-electron chi connectivity index (χ4n) is 4.27. The van der Waals surface area contributed by atoms with E-state index in [4.69, 9.17) is 4.74 Å². The molecule has 2 aromatic carbocycles. The Morgan fingerprint density at radius 3 is 2.76 bits per heavy atom. The monoisotopic (exact) mass is 463 g/mol. The largest absolute Gasteiger partial charge is 0.494 e. The van der Waals surface area contributed by atoms with Gasteiger partial charge < -0.3 is 15.1 Å². The lowest BCUT2D eigenvalue weighted by Crippen LogP contribution is -2.19. The van der Waals surface area contributed by atoms with E-state index in [0.29, 0.717) is 26.0 Å². The highest BCUT2D eigenvalue weighted by molar-refractivity contribution is 5.68. The van der Waals surface area contributed by atoms with Gasteiger partial charge in [0.1, 0.15) is 5.75 Å². The fraction of sp³-hybridized carbons (Fsp3) is 0.280. The number of aliphatic carboxylic acids is 1. The average molecular weight is 463 g/mol. The van der Waals surface area contributed by atoms with Crippen molar-refractivity contribution in [2.75, 3.05) is 13.2 Å². The number of carboxylic acids is 1. The van der Waals surface area contributed by atoms with E-state index in [9.17, 15) is 25.2 Å². The van der Waals surface area contributed by atoms with E-state index < -0.39 is 10.9 Å². The highest BCUT2D eigenvalue weighted by atomic mass is 16.6. The summed E-state index contributed by atoms with van der Waals surface area (Å²) >= 11 is 0. The molecule has 0 aliphatic heterocycles. The molecule has 9 nitrogen and oxygen atoms in total. The van der Waals surface area contributed by atoms with Crippen molar-refractivity contribution in [2.45, 2.75) is 31.6 Å². The first-order valence-corrected chi connectivity index (χ1v) is 11.0. The Morgan fingerprint density at radius 2 is 1.97 bits per heavy atom. The lowest BCUT2D eigenvalue weighted by atomic mass is 9.89. The number of benzene rings is 2. The number of rotatable bonds is 8. The van der Waals surface area contributed by atoms with Crippen molar-refractivity contribution in [3.05, 3.63) is 98.6 Å². The van der Waals surface area contributed by atoms with Crippen LogP contribution in [0.15, 0.2) is 65.8 Å². The Kier molecular flexibility index (Phi) is 6.91. The summed E-state index contributed by atoms with van der Waals surface area (Å²) < 4.78 is 6.64. The van der Waals surface area contributed by atoms with Gasteiger partial charge in [-0.25, -0.2) is 0 Å². The fourth-order valence-corrected chi connectivity index (χ4v) is 4.27. The van der Waals surface area contributed by atoms with Gasteiger partial charge in [-0.05, 0) is 53.1 Å². The number of ether oxygens (including phenoxy) is 1. The van der Waals surface area contributed by atoms with Crippen molar-refractivity contribution in [1.82, 2.24) is 4.73 Å². The molecule has 1 unspecified atom stereocenters. The van der Waals surface area contributed by atoms with E-state index in [0.717, 1.165) is 39.2 Å². The highest BCUT2D eigenvalue weighted by Gasteiger charge is 2.24. The van der Waals surface area contributed by atoms with Gasteiger partial charge in [-0.3, -0.25) is 19.9 Å². The summed E-state index contributed by atoms with van der Waals surface area (Å²) in [6.07, 6.45) is 3.22. The predicted molar refractivity (Wildman–Crippen MR) is 123 cm³/mol. The van der Waals surface area contributed by atoms with Crippen molar-refractivity contribution in [2.24, 2.45) is 4.99 Å². The Morgan fingerprint density at radius 1 is 1.15 bits per heavy atom. The molecule has 1 aliphatic rings. The minimum atomic E-state index is -0.801. The molecule has 176 valence electrons. The average Bonchev–Trinajstić information content (AvgIpc) is 2.95. The van der Waals surface area contributed by atoms with Gasteiger partial charge in [0, 0.05) is 19.0 Å². The predicted octanol–water partition coefficient (Wildman–Crippen LogP) is 3.71. The molecule has 0 amide bonds. The smallest absolute Gasteiger partial charge is 0.303 e. The van der Waals surface area contributed by atoms with Gasteiger partial charge in [0.2, 0.25) is 0 Å². The van der Waals surface area contributed by atoms with Crippen molar-refractivity contribution >= 4 is 11.7 Å². The molecule has 3 aromatic rings. The minimum absolute atomic E-state index is 0.0635. The van der Waals surface area contributed by atoms with Crippen molar-refractivity contribution in [3.63, 3.8) is 0 Å². The summed E-state index contributed by atoms with van der Waals surface area (Å²) in [6, 6.07) is 16.3. The Bertz CT molecular complexity index is 1280. The molecule has 0 spiro atoms. The first-order chi connectivity index (χ1) is 16.4. The Balaban J connectivity index is 1.42. The third-order valence-corrected chi connectivity index (χ3v) is 5.89. The molecule has 0 saturated carbocycles. The molecule has 0 fully saturated rings. The SMILES string of the molecule is O=C(O)CC1Cc2ccc(OCCCN=c3cc([N+](=O)[O-])ccn3O)cc2Cc2ccccc21. The maximum atomic E-state index is 11.4. The van der Waals surface area contributed by atoms with Crippen molar-refractivity contribution < 1.29 is 24.8 Å². The number of hydrogen-bond donors (Lipinski definition) is 2. The summed E-state index contributed by atoms with van der Waals surface area (Å²) in [4.78, 5) is 26.0. The molecule has 0 radical (unpaired) electrons. The number of pyridine rings is 1. The first kappa shape index (κ1) is 23.0. The van der Waals surface area contributed by atoms with E-state index in [1.54, 1.807) is 0 Å². The van der Waals surface area contributed by atoms with Gasteiger partial charge in [-0.2, -0.15) is 4.73 Å². The lowest BCUT2D eigenvalue weighted by Gasteiger charge is -2.16. The third-order valence-electron chi connectivity index (χ3n) is 5.89. The van der Waals surface area contributed by atoms with Crippen molar-refractivity contribution in [1.29, 1.82) is 0 Å².